The molecule has 0 saturated carbocycles. The van der Waals surface area contributed by atoms with E-state index >= 15 is 0 Å². The summed E-state index contributed by atoms with van der Waals surface area (Å²) in [6.45, 7) is 4.23. The van der Waals surface area contributed by atoms with Crippen LogP contribution < -0.4 is 5.32 Å². The Balaban J connectivity index is 2.40. The van der Waals surface area contributed by atoms with Crippen molar-refractivity contribution >= 4 is 5.97 Å². The third kappa shape index (κ3) is 3.41. The number of carbonyl (C=O) groups is 1. The number of hydrogen-bond donors (Lipinski definition) is 1. The molecule has 0 aliphatic rings. The maximum Gasteiger partial charge on any atom is 0.322 e. The second kappa shape index (κ2) is 5.93. The summed E-state index contributed by atoms with van der Waals surface area (Å²) in [5.74, 6) is 0.586. The van der Waals surface area contributed by atoms with Crippen LogP contribution in [-0.4, -0.2) is 18.6 Å². The molecule has 0 amide bonds. The average molecular weight is 222 g/mol. The molecule has 1 N–H and O–H groups in total. The number of rotatable bonds is 5. The second-order valence-electron chi connectivity index (χ2n) is 3.23. The SMILES string of the molecule is CCOC(=O)C(C)NCc1ccc(C#N)o1. The molecule has 0 fully saturated rings. The van der Waals surface area contributed by atoms with Crippen molar-refractivity contribution < 1.29 is 13.9 Å². The van der Waals surface area contributed by atoms with Crippen LogP contribution in [0.4, 0.5) is 0 Å². The highest BCUT2D eigenvalue weighted by molar-refractivity contribution is 5.75. The van der Waals surface area contributed by atoms with Crippen LogP contribution in [-0.2, 0) is 16.1 Å². The first-order valence-corrected chi connectivity index (χ1v) is 5.06. The van der Waals surface area contributed by atoms with Crippen molar-refractivity contribution in [2.24, 2.45) is 0 Å². The van der Waals surface area contributed by atoms with Crippen LogP contribution in [0.1, 0.15) is 25.4 Å². The minimum Gasteiger partial charge on any atom is -0.465 e. The van der Waals surface area contributed by atoms with E-state index in [1.54, 1.807) is 26.0 Å². The molecule has 86 valence electrons. The highest BCUT2D eigenvalue weighted by atomic mass is 16.5. The van der Waals surface area contributed by atoms with Gasteiger partial charge < -0.3 is 9.15 Å². The zero-order valence-electron chi connectivity index (χ0n) is 9.32. The Morgan fingerprint density at radius 2 is 2.44 bits per heavy atom. The van der Waals surface area contributed by atoms with Gasteiger partial charge in [0.05, 0.1) is 13.2 Å². The Kier molecular flexibility index (Phi) is 4.55. The second-order valence-corrected chi connectivity index (χ2v) is 3.23. The zero-order valence-corrected chi connectivity index (χ0v) is 9.32. The standard InChI is InChI=1S/C11H14N2O3/c1-3-15-11(14)8(2)13-7-10-5-4-9(6-12)16-10/h4-5,8,13H,3,7H2,1-2H3. The maximum absolute atomic E-state index is 11.3. The van der Waals surface area contributed by atoms with Crippen LogP contribution in [0.3, 0.4) is 0 Å². The molecule has 1 heterocycles. The highest BCUT2D eigenvalue weighted by Gasteiger charge is 2.13. The van der Waals surface area contributed by atoms with Gasteiger partial charge >= 0.3 is 5.97 Å². The number of nitrogens with one attached hydrogen (secondary N) is 1. The summed E-state index contributed by atoms with van der Waals surface area (Å²) in [7, 11) is 0. The quantitative estimate of drug-likeness (QED) is 0.757. The van der Waals surface area contributed by atoms with Gasteiger partial charge in [0.1, 0.15) is 17.9 Å². The van der Waals surface area contributed by atoms with Gasteiger partial charge in [-0.1, -0.05) is 0 Å². The fourth-order valence-corrected chi connectivity index (χ4v) is 1.14. The molecule has 0 saturated heterocycles. The number of nitriles is 1. The van der Waals surface area contributed by atoms with Crippen LogP contribution in [0.2, 0.25) is 0 Å². The summed E-state index contributed by atoms with van der Waals surface area (Å²) in [5, 5.41) is 11.5. The van der Waals surface area contributed by atoms with Crippen molar-refractivity contribution in [1.29, 1.82) is 5.26 Å². The average Bonchev–Trinajstić information content (AvgIpc) is 2.74. The van der Waals surface area contributed by atoms with E-state index in [0.717, 1.165) is 0 Å². The smallest absolute Gasteiger partial charge is 0.322 e. The molecule has 1 aromatic rings. The minimum absolute atomic E-state index is 0.264. The molecule has 1 atom stereocenters. The number of carbonyl (C=O) groups excluding carboxylic acids is 1. The molecule has 16 heavy (non-hydrogen) atoms. The van der Waals surface area contributed by atoms with Crippen molar-refractivity contribution in [3.05, 3.63) is 23.7 Å². The maximum atomic E-state index is 11.3. The molecule has 1 aromatic heterocycles. The Morgan fingerprint density at radius 3 is 3.00 bits per heavy atom. The fourth-order valence-electron chi connectivity index (χ4n) is 1.14. The fraction of sp³-hybridized carbons (Fsp3) is 0.455. The van der Waals surface area contributed by atoms with Gasteiger partial charge in [0.15, 0.2) is 0 Å². The molecule has 0 radical (unpaired) electrons. The lowest BCUT2D eigenvalue weighted by Crippen LogP contribution is -2.34. The van der Waals surface area contributed by atoms with E-state index in [9.17, 15) is 4.79 Å². The van der Waals surface area contributed by atoms with Gasteiger partial charge in [-0.3, -0.25) is 10.1 Å². The Labute approximate surface area is 94.0 Å². The van der Waals surface area contributed by atoms with Crippen molar-refractivity contribution in [3.8, 4) is 6.07 Å². The van der Waals surface area contributed by atoms with E-state index in [1.165, 1.54) is 0 Å². The van der Waals surface area contributed by atoms with E-state index in [2.05, 4.69) is 5.32 Å². The van der Waals surface area contributed by atoms with E-state index in [4.69, 9.17) is 14.4 Å². The summed E-state index contributed by atoms with van der Waals surface area (Å²) in [4.78, 5) is 11.3. The normalized spacial score (nSPS) is 11.8. The summed E-state index contributed by atoms with van der Waals surface area (Å²) in [6.07, 6.45) is 0. The van der Waals surface area contributed by atoms with Gasteiger partial charge in [0.2, 0.25) is 5.76 Å². The summed E-state index contributed by atoms with van der Waals surface area (Å²) < 4.78 is 9.98. The Bertz CT molecular complexity index is 392. The molecule has 5 heteroatoms. The monoisotopic (exact) mass is 222 g/mol. The molecule has 5 nitrogen and oxygen atoms in total. The van der Waals surface area contributed by atoms with Gasteiger partial charge in [-0.25, -0.2) is 0 Å². The summed E-state index contributed by atoms with van der Waals surface area (Å²) >= 11 is 0. The number of furan rings is 1. The lowest BCUT2D eigenvalue weighted by atomic mass is 10.3. The van der Waals surface area contributed by atoms with Crippen LogP contribution >= 0.6 is 0 Å². The molecule has 0 aromatic carbocycles. The Hall–Kier alpha value is -1.80. The lowest BCUT2D eigenvalue weighted by Gasteiger charge is -2.10. The summed E-state index contributed by atoms with van der Waals surface area (Å²) in [5.41, 5.74) is 0. The first-order valence-electron chi connectivity index (χ1n) is 5.06. The first kappa shape index (κ1) is 12.3. The third-order valence-electron chi connectivity index (χ3n) is 1.99. The highest BCUT2D eigenvalue weighted by Crippen LogP contribution is 2.06. The minimum atomic E-state index is -0.393. The number of nitrogens with zero attached hydrogens (tertiary/aromatic N) is 1. The molecule has 0 bridgehead atoms. The van der Waals surface area contributed by atoms with Crippen molar-refractivity contribution in [2.45, 2.75) is 26.4 Å². The molecule has 1 rings (SSSR count). The molecular formula is C11H14N2O3. The first-order chi connectivity index (χ1) is 7.67. The summed E-state index contributed by atoms with van der Waals surface area (Å²) in [6, 6.07) is 4.79. The van der Waals surface area contributed by atoms with Gasteiger partial charge in [-0.05, 0) is 26.0 Å². The number of ether oxygens (including phenoxy) is 1. The molecule has 1 unspecified atom stereocenters. The predicted molar refractivity (Wildman–Crippen MR) is 56.4 cm³/mol. The molecule has 0 aliphatic heterocycles. The third-order valence-corrected chi connectivity index (χ3v) is 1.99. The number of hydrogen-bond acceptors (Lipinski definition) is 5. The van der Waals surface area contributed by atoms with Gasteiger partial charge in [0, 0.05) is 0 Å². The van der Waals surface area contributed by atoms with Gasteiger partial charge in [-0.2, -0.15) is 5.26 Å². The topological polar surface area (TPSA) is 75.3 Å². The predicted octanol–water partition coefficient (Wildman–Crippen LogP) is 1.19. The van der Waals surface area contributed by atoms with Crippen molar-refractivity contribution in [1.82, 2.24) is 5.32 Å². The van der Waals surface area contributed by atoms with Crippen molar-refractivity contribution in [2.75, 3.05) is 6.61 Å². The molecule has 0 aliphatic carbocycles. The van der Waals surface area contributed by atoms with Crippen LogP contribution in [0.15, 0.2) is 16.5 Å². The largest absolute Gasteiger partial charge is 0.465 e. The van der Waals surface area contributed by atoms with E-state index in [0.29, 0.717) is 18.9 Å². The number of esters is 1. The van der Waals surface area contributed by atoms with Crippen LogP contribution in [0.25, 0.3) is 0 Å². The van der Waals surface area contributed by atoms with Crippen molar-refractivity contribution in [3.63, 3.8) is 0 Å². The lowest BCUT2D eigenvalue weighted by molar-refractivity contribution is -0.145. The van der Waals surface area contributed by atoms with E-state index in [-0.39, 0.29) is 11.7 Å². The van der Waals surface area contributed by atoms with Crippen LogP contribution in [0.5, 0.6) is 0 Å². The van der Waals surface area contributed by atoms with Gasteiger partial charge in [-0.15, -0.1) is 0 Å². The Morgan fingerprint density at radius 1 is 1.69 bits per heavy atom. The van der Waals surface area contributed by atoms with Crippen LogP contribution in [0, 0.1) is 11.3 Å². The molecular weight excluding hydrogens is 208 g/mol. The van der Waals surface area contributed by atoms with E-state index in [1.807, 2.05) is 6.07 Å². The van der Waals surface area contributed by atoms with E-state index < -0.39 is 6.04 Å². The molecule has 0 spiro atoms. The zero-order chi connectivity index (χ0) is 12.0. The van der Waals surface area contributed by atoms with Gasteiger partial charge in [0.25, 0.3) is 0 Å².